The Morgan fingerprint density at radius 1 is 0.970 bits per heavy atom. The van der Waals surface area contributed by atoms with Crippen LogP contribution in [0.5, 0.6) is 5.75 Å². The summed E-state index contributed by atoms with van der Waals surface area (Å²) in [6.07, 6.45) is 0.536. The van der Waals surface area contributed by atoms with Crippen LogP contribution in [0.3, 0.4) is 0 Å². The molecule has 1 atom stereocenters. The summed E-state index contributed by atoms with van der Waals surface area (Å²) in [6, 6.07) is 21.1. The van der Waals surface area contributed by atoms with Crippen LogP contribution in [0.1, 0.15) is 29.7 Å². The molecule has 1 unspecified atom stereocenters. The van der Waals surface area contributed by atoms with Crippen LogP contribution in [0.2, 0.25) is 0 Å². The number of likely N-dealkylation sites (tertiary alicyclic amines) is 1. The Hall–Kier alpha value is -3.93. The van der Waals surface area contributed by atoms with Crippen LogP contribution in [0.4, 0.5) is 4.39 Å². The lowest BCUT2D eigenvalue weighted by atomic mass is 9.95. The second-order valence-electron chi connectivity index (χ2n) is 7.74. The van der Waals surface area contributed by atoms with Crippen molar-refractivity contribution in [2.45, 2.75) is 19.4 Å². The van der Waals surface area contributed by atoms with E-state index in [1.54, 1.807) is 24.3 Å². The van der Waals surface area contributed by atoms with Gasteiger partial charge in [0.15, 0.2) is 0 Å². The number of rotatable bonds is 7. The molecule has 6 heteroatoms. The molecule has 4 rings (SSSR count). The van der Waals surface area contributed by atoms with Gasteiger partial charge < -0.3 is 14.7 Å². The van der Waals surface area contributed by atoms with Crippen LogP contribution in [0.25, 0.3) is 5.76 Å². The monoisotopic (exact) mass is 445 g/mol. The van der Waals surface area contributed by atoms with E-state index in [-0.39, 0.29) is 17.9 Å². The van der Waals surface area contributed by atoms with Gasteiger partial charge in [0.1, 0.15) is 17.3 Å². The second kappa shape index (κ2) is 9.69. The second-order valence-corrected chi connectivity index (χ2v) is 7.74. The Morgan fingerprint density at radius 3 is 2.27 bits per heavy atom. The molecule has 0 saturated carbocycles. The van der Waals surface area contributed by atoms with Crippen molar-refractivity contribution in [1.82, 2.24) is 4.90 Å². The van der Waals surface area contributed by atoms with Crippen molar-refractivity contribution in [3.05, 3.63) is 107 Å². The Morgan fingerprint density at radius 2 is 1.64 bits per heavy atom. The lowest BCUT2D eigenvalue weighted by molar-refractivity contribution is -0.139. The van der Waals surface area contributed by atoms with E-state index in [1.165, 1.54) is 29.2 Å². The molecular weight excluding hydrogens is 421 g/mol. The highest BCUT2D eigenvalue weighted by atomic mass is 19.1. The molecule has 3 aromatic rings. The summed E-state index contributed by atoms with van der Waals surface area (Å²) in [6.45, 7) is 2.65. The first kappa shape index (κ1) is 22.3. The first-order valence-electron chi connectivity index (χ1n) is 10.8. The zero-order valence-electron chi connectivity index (χ0n) is 18.2. The number of hydrogen-bond acceptors (Lipinski definition) is 4. The van der Waals surface area contributed by atoms with E-state index >= 15 is 0 Å². The van der Waals surface area contributed by atoms with Crippen molar-refractivity contribution in [2.75, 3.05) is 13.2 Å². The van der Waals surface area contributed by atoms with Crippen LogP contribution in [-0.2, 0) is 16.0 Å². The van der Waals surface area contributed by atoms with E-state index in [2.05, 4.69) is 0 Å². The number of ketones is 1. The van der Waals surface area contributed by atoms with E-state index in [9.17, 15) is 19.1 Å². The number of carbonyl (C=O) groups excluding carboxylic acids is 2. The molecule has 3 aromatic carbocycles. The van der Waals surface area contributed by atoms with Crippen molar-refractivity contribution < 1.29 is 23.8 Å². The van der Waals surface area contributed by atoms with Crippen LogP contribution in [0, 0.1) is 5.82 Å². The predicted molar refractivity (Wildman–Crippen MR) is 123 cm³/mol. The van der Waals surface area contributed by atoms with Crippen LogP contribution in [-0.4, -0.2) is 34.8 Å². The Balaban J connectivity index is 1.75. The Kier molecular flexibility index (Phi) is 6.54. The fraction of sp³-hybridized carbons (Fsp3) is 0.185. The molecule has 1 fully saturated rings. The minimum atomic E-state index is -0.819. The molecule has 5 nitrogen and oxygen atoms in total. The molecule has 1 N–H and O–H groups in total. The maximum Gasteiger partial charge on any atom is 0.295 e. The number of halogens is 1. The Labute approximate surface area is 191 Å². The number of Topliss-reactive ketones (excluding diaryl/α,β-unsaturated/α-hetero) is 1. The number of aliphatic hydroxyl groups excluding tert-OH is 1. The quantitative estimate of drug-likeness (QED) is 0.320. The fourth-order valence-corrected chi connectivity index (χ4v) is 4.03. The summed E-state index contributed by atoms with van der Waals surface area (Å²) in [4.78, 5) is 27.5. The fourth-order valence-electron chi connectivity index (χ4n) is 4.03. The van der Waals surface area contributed by atoms with Gasteiger partial charge in [0.2, 0.25) is 0 Å². The molecule has 0 spiro atoms. The zero-order valence-corrected chi connectivity index (χ0v) is 18.2. The topological polar surface area (TPSA) is 66.8 Å². The Bertz CT molecular complexity index is 1170. The molecule has 1 saturated heterocycles. The van der Waals surface area contributed by atoms with E-state index in [4.69, 9.17) is 4.74 Å². The van der Waals surface area contributed by atoms with Gasteiger partial charge in [0.25, 0.3) is 11.7 Å². The normalized spacial score (nSPS) is 17.4. The molecule has 1 amide bonds. The molecule has 1 heterocycles. The van der Waals surface area contributed by atoms with Gasteiger partial charge in [0.05, 0.1) is 18.2 Å². The molecule has 1 aliphatic heterocycles. The van der Waals surface area contributed by atoms with Gasteiger partial charge in [-0.15, -0.1) is 0 Å². The van der Waals surface area contributed by atoms with Crippen molar-refractivity contribution in [2.24, 2.45) is 0 Å². The highest BCUT2D eigenvalue weighted by molar-refractivity contribution is 6.46. The van der Waals surface area contributed by atoms with Crippen LogP contribution >= 0.6 is 0 Å². The first-order chi connectivity index (χ1) is 16.0. The lowest BCUT2D eigenvalue weighted by Crippen LogP contribution is -2.31. The van der Waals surface area contributed by atoms with Crippen molar-refractivity contribution in [3.63, 3.8) is 0 Å². The number of aliphatic hydroxyl groups is 1. The summed E-state index contributed by atoms with van der Waals surface area (Å²) in [5.74, 6) is -1.51. The summed E-state index contributed by atoms with van der Waals surface area (Å²) in [7, 11) is 0. The first-order valence-corrected chi connectivity index (χ1v) is 10.8. The third-order valence-corrected chi connectivity index (χ3v) is 5.65. The van der Waals surface area contributed by atoms with Gasteiger partial charge in [0, 0.05) is 12.1 Å². The van der Waals surface area contributed by atoms with E-state index < -0.39 is 23.5 Å². The number of ether oxygens (including phenoxy) is 1. The van der Waals surface area contributed by atoms with Crippen molar-refractivity contribution in [3.8, 4) is 5.75 Å². The number of hydrogen-bond donors (Lipinski definition) is 1. The van der Waals surface area contributed by atoms with E-state index in [1.807, 2.05) is 37.3 Å². The predicted octanol–water partition coefficient (Wildman–Crippen LogP) is 4.89. The van der Waals surface area contributed by atoms with Gasteiger partial charge in [-0.2, -0.15) is 0 Å². The molecular formula is C27H24FNO4. The van der Waals surface area contributed by atoms with Gasteiger partial charge in [-0.25, -0.2) is 4.39 Å². The summed E-state index contributed by atoms with van der Waals surface area (Å²) < 4.78 is 19.0. The third kappa shape index (κ3) is 4.65. The standard InChI is InChI=1S/C27H24FNO4/c1-2-33-22-14-10-20(11-15-22)25(30)23-24(19-8-12-21(28)13-9-19)29(27(32)26(23)31)17-16-18-6-4-3-5-7-18/h3-15,24,30H,2,16-17H2,1H3. The lowest BCUT2D eigenvalue weighted by Gasteiger charge is -2.25. The molecule has 168 valence electrons. The van der Waals surface area contributed by atoms with Gasteiger partial charge >= 0.3 is 0 Å². The highest BCUT2D eigenvalue weighted by Crippen LogP contribution is 2.39. The number of carbonyl (C=O) groups is 2. The molecule has 0 bridgehead atoms. The maximum atomic E-state index is 13.6. The van der Waals surface area contributed by atoms with E-state index in [0.29, 0.717) is 29.9 Å². The smallest absolute Gasteiger partial charge is 0.295 e. The van der Waals surface area contributed by atoms with Gasteiger partial charge in [-0.05, 0) is 60.9 Å². The molecule has 1 aliphatic rings. The van der Waals surface area contributed by atoms with Gasteiger partial charge in [-0.3, -0.25) is 9.59 Å². The van der Waals surface area contributed by atoms with Crippen LogP contribution < -0.4 is 4.74 Å². The van der Waals surface area contributed by atoms with Crippen molar-refractivity contribution >= 4 is 17.4 Å². The molecule has 0 aromatic heterocycles. The summed E-state index contributed by atoms with van der Waals surface area (Å²) >= 11 is 0. The maximum absolute atomic E-state index is 13.6. The average Bonchev–Trinajstić information content (AvgIpc) is 3.09. The molecule has 33 heavy (non-hydrogen) atoms. The average molecular weight is 445 g/mol. The highest BCUT2D eigenvalue weighted by Gasteiger charge is 2.45. The number of amides is 1. The molecule has 0 aliphatic carbocycles. The summed E-state index contributed by atoms with van der Waals surface area (Å²) in [5.41, 5.74) is 1.95. The minimum absolute atomic E-state index is 0.0103. The zero-order chi connectivity index (χ0) is 23.4. The van der Waals surface area contributed by atoms with Crippen molar-refractivity contribution in [1.29, 1.82) is 0 Å². The van der Waals surface area contributed by atoms with Gasteiger partial charge in [-0.1, -0.05) is 42.5 Å². The largest absolute Gasteiger partial charge is 0.507 e. The third-order valence-electron chi connectivity index (χ3n) is 5.65. The van der Waals surface area contributed by atoms with Crippen LogP contribution in [0.15, 0.2) is 84.4 Å². The van der Waals surface area contributed by atoms with E-state index in [0.717, 1.165) is 5.56 Å². The SMILES string of the molecule is CCOc1ccc(C(O)=C2C(=O)C(=O)N(CCc3ccccc3)C2c2ccc(F)cc2)cc1. The number of nitrogens with zero attached hydrogens (tertiary/aromatic N) is 1. The molecule has 0 radical (unpaired) electrons. The summed E-state index contributed by atoms with van der Waals surface area (Å²) in [5, 5.41) is 11.1. The number of benzene rings is 3. The minimum Gasteiger partial charge on any atom is -0.507 e.